The highest BCUT2D eigenvalue weighted by atomic mass is 16.4. The molecule has 1 aliphatic rings. The number of carbonyl (C=O) groups excluding carboxylic acids is 2. The number of hydrogen-bond donors (Lipinski definition) is 4. The van der Waals surface area contributed by atoms with E-state index in [1.165, 1.54) is 13.1 Å². The number of benzene rings is 1. The summed E-state index contributed by atoms with van der Waals surface area (Å²) in [5.41, 5.74) is 2.39. The molecule has 1 atom stereocenters. The Labute approximate surface area is 174 Å². The van der Waals surface area contributed by atoms with Crippen molar-refractivity contribution in [1.82, 2.24) is 15.6 Å². The summed E-state index contributed by atoms with van der Waals surface area (Å²) in [6.45, 7) is 1.97. The van der Waals surface area contributed by atoms with Gasteiger partial charge in [0.05, 0.1) is 11.7 Å². The molecular weight excluding hydrogens is 382 g/mol. The predicted octanol–water partition coefficient (Wildman–Crippen LogP) is 3.31. The van der Waals surface area contributed by atoms with Crippen molar-refractivity contribution in [3.05, 3.63) is 59.2 Å². The summed E-state index contributed by atoms with van der Waals surface area (Å²) in [6.07, 6.45) is 4.42. The van der Waals surface area contributed by atoms with Crippen LogP contribution in [-0.4, -0.2) is 41.1 Å². The minimum atomic E-state index is -0.372. The molecule has 1 saturated carbocycles. The number of aromatic amines is 1. The Morgan fingerprint density at radius 3 is 2.67 bits per heavy atom. The van der Waals surface area contributed by atoms with Gasteiger partial charge in [-0.15, -0.1) is 0 Å². The molecule has 2 aromatic heterocycles. The van der Waals surface area contributed by atoms with Gasteiger partial charge in [0, 0.05) is 42.2 Å². The summed E-state index contributed by atoms with van der Waals surface area (Å²) in [5.74, 6) is -0.265. The number of nitrogens with one attached hydrogen (secondary N) is 3. The first kappa shape index (κ1) is 20.2. The highest BCUT2D eigenvalue weighted by Crippen LogP contribution is 2.34. The van der Waals surface area contributed by atoms with Crippen molar-refractivity contribution in [1.29, 1.82) is 0 Å². The van der Waals surface area contributed by atoms with Gasteiger partial charge < -0.3 is 25.1 Å². The van der Waals surface area contributed by atoms with E-state index in [2.05, 4.69) is 15.6 Å². The normalized spacial score (nSPS) is 20.1. The number of furan rings is 1. The lowest BCUT2D eigenvalue weighted by molar-refractivity contribution is 0.0864. The van der Waals surface area contributed by atoms with Gasteiger partial charge in [-0.05, 0) is 43.4 Å². The van der Waals surface area contributed by atoms with Gasteiger partial charge in [-0.2, -0.15) is 0 Å². The maximum absolute atomic E-state index is 13.1. The third kappa shape index (κ3) is 3.85. The molecule has 0 saturated heterocycles. The van der Waals surface area contributed by atoms with E-state index in [1.54, 1.807) is 0 Å². The summed E-state index contributed by atoms with van der Waals surface area (Å²) < 4.78 is 5.91. The highest BCUT2D eigenvalue weighted by Gasteiger charge is 2.28. The smallest absolute Gasteiger partial charge is 0.286 e. The summed E-state index contributed by atoms with van der Waals surface area (Å²) >= 11 is 0. The minimum absolute atomic E-state index is 0.00973. The summed E-state index contributed by atoms with van der Waals surface area (Å²) in [7, 11) is 1.53. The molecule has 1 fully saturated rings. The zero-order chi connectivity index (χ0) is 21.3. The zero-order valence-electron chi connectivity index (χ0n) is 17.2. The van der Waals surface area contributed by atoms with E-state index in [4.69, 9.17) is 4.42 Å². The summed E-state index contributed by atoms with van der Waals surface area (Å²) in [4.78, 5) is 28.5. The number of aliphatic hydroxyl groups is 1. The highest BCUT2D eigenvalue weighted by molar-refractivity contribution is 6.00. The van der Waals surface area contributed by atoms with Gasteiger partial charge >= 0.3 is 0 Å². The molecule has 30 heavy (non-hydrogen) atoms. The molecule has 4 N–H and O–H groups in total. The van der Waals surface area contributed by atoms with Crippen molar-refractivity contribution >= 4 is 22.7 Å². The number of hydrogen-bond acceptors (Lipinski definition) is 4. The molecule has 7 nitrogen and oxygen atoms in total. The lowest BCUT2D eigenvalue weighted by atomic mass is 9.91. The Morgan fingerprint density at radius 2 is 1.93 bits per heavy atom. The van der Waals surface area contributed by atoms with Gasteiger partial charge in [-0.3, -0.25) is 9.59 Å². The average Bonchev–Trinajstić information content (AvgIpc) is 3.41. The maximum Gasteiger partial charge on any atom is 0.286 e. The quantitative estimate of drug-likeness (QED) is 0.519. The molecule has 0 spiro atoms. The molecule has 1 aliphatic carbocycles. The van der Waals surface area contributed by atoms with E-state index >= 15 is 0 Å². The van der Waals surface area contributed by atoms with Crippen LogP contribution in [0.3, 0.4) is 0 Å². The molecule has 2 amide bonds. The van der Waals surface area contributed by atoms with Crippen LogP contribution in [0.4, 0.5) is 0 Å². The van der Waals surface area contributed by atoms with Crippen molar-refractivity contribution in [2.24, 2.45) is 0 Å². The van der Waals surface area contributed by atoms with E-state index in [0.717, 1.165) is 29.3 Å². The van der Waals surface area contributed by atoms with Crippen molar-refractivity contribution in [3.63, 3.8) is 0 Å². The van der Waals surface area contributed by atoms with E-state index in [-0.39, 0.29) is 35.6 Å². The van der Waals surface area contributed by atoms with Crippen molar-refractivity contribution in [2.45, 2.75) is 50.7 Å². The molecule has 1 aromatic carbocycles. The first-order chi connectivity index (χ1) is 14.5. The van der Waals surface area contributed by atoms with Crippen LogP contribution < -0.4 is 10.6 Å². The van der Waals surface area contributed by atoms with E-state index in [0.29, 0.717) is 24.2 Å². The lowest BCUT2D eigenvalue weighted by Crippen LogP contribution is -2.38. The van der Waals surface area contributed by atoms with Gasteiger partial charge in [-0.25, -0.2) is 0 Å². The minimum Gasteiger partial charge on any atom is -0.454 e. The Hall–Kier alpha value is -3.06. The molecule has 4 rings (SSSR count). The van der Waals surface area contributed by atoms with E-state index in [9.17, 15) is 14.7 Å². The predicted molar refractivity (Wildman–Crippen MR) is 114 cm³/mol. The number of fused-ring (bicyclic) bond motifs is 1. The third-order valence-corrected chi connectivity index (χ3v) is 5.98. The Kier molecular flexibility index (Phi) is 5.63. The third-order valence-electron chi connectivity index (χ3n) is 5.98. The molecule has 7 heteroatoms. The van der Waals surface area contributed by atoms with Crippen molar-refractivity contribution in [2.75, 3.05) is 7.05 Å². The Morgan fingerprint density at radius 1 is 1.17 bits per heavy atom. The second kappa shape index (κ2) is 8.36. The van der Waals surface area contributed by atoms with E-state index in [1.807, 2.05) is 37.4 Å². The van der Waals surface area contributed by atoms with Crippen LogP contribution in [0.5, 0.6) is 0 Å². The number of amides is 2. The molecule has 2 heterocycles. The number of aromatic nitrogens is 1. The van der Waals surface area contributed by atoms with Crippen molar-refractivity contribution < 1.29 is 19.1 Å². The molecule has 3 aromatic rings. The van der Waals surface area contributed by atoms with Gasteiger partial charge in [0.1, 0.15) is 5.76 Å². The largest absolute Gasteiger partial charge is 0.454 e. The second-order valence-corrected chi connectivity index (χ2v) is 7.95. The van der Waals surface area contributed by atoms with Crippen LogP contribution >= 0.6 is 0 Å². The van der Waals surface area contributed by atoms with Crippen LogP contribution in [0.15, 0.2) is 40.9 Å². The standard InChI is InChI=1S/C23H27N3O4/c1-13(16-4-3-5-19-17(16)10-11-25-19)21-18(12-20(30-21)23(29)24-2)22(28)26-14-6-8-15(27)9-7-14/h3-5,10-15,25,27H,6-9H2,1-2H3,(H,24,29)(H,26,28). The Balaban J connectivity index is 1.68. The van der Waals surface area contributed by atoms with Crippen LogP contribution in [0.25, 0.3) is 10.9 Å². The van der Waals surface area contributed by atoms with Gasteiger partial charge in [-0.1, -0.05) is 19.1 Å². The van der Waals surface area contributed by atoms with Gasteiger partial charge in [0.2, 0.25) is 0 Å². The maximum atomic E-state index is 13.1. The number of H-pyrrole nitrogens is 1. The monoisotopic (exact) mass is 409 g/mol. The number of carbonyl (C=O) groups is 2. The average molecular weight is 409 g/mol. The van der Waals surface area contributed by atoms with Crippen LogP contribution in [0, 0.1) is 0 Å². The first-order valence-electron chi connectivity index (χ1n) is 10.4. The molecule has 158 valence electrons. The zero-order valence-corrected chi connectivity index (χ0v) is 17.2. The van der Waals surface area contributed by atoms with Gasteiger partial charge in [0.25, 0.3) is 11.8 Å². The molecular formula is C23H27N3O4. The van der Waals surface area contributed by atoms with Crippen LogP contribution in [-0.2, 0) is 0 Å². The Bertz CT molecular complexity index is 1060. The summed E-state index contributed by atoms with van der Waals surface area (Å²) in [5, 5.41) is 16.4. The number of aliphatic hydroxyl groups excluding tert-OH is 1. The SMILES string of the molecule is CNC(=O)c1cc(C(=O)NC2CCC(O)CC2)c(C(C)c2cccc3[nH]ccc23)o1. The van der Waals surface area contributed by atoms with Gasteiger partial charge in [0.15, 0.2) is 5.76 Å². The fourth-order valence-electron chi connectivity index (χ4n) is 4.25. The van der Waals surface area contributed by atoms with E-state index < -0.39 is 0 Å². The fourth-order valence-corrected chi connectivity index (χ4v) is 4.25. The summed E-state index contributed by atoms with van der Waals surface area (Å²) in [6, 6.07) is 9.49. The fraction of sp³-hybridized carbons (Fsp3) is 0.391. The second-order valence-electron chi connectivity index (χ2n) is 7.95. The molecule has 0 aliphatic heterocycles. The first-order valence-corrected chi connectivity index (χ1v) is 10.4. The molecule has 0 bridgehead atoms. The molecule has 0 radical (unpaired) electrons. The van der Waals surface area contributed by atoms with Crippen molar-refractivity contribution in [3.8, 4) is 0 Å². The topological polar surface area (TPSA) is 107 Å². The van der Waals surface area contributed by atoms with Crippen LogP contribution in [0.1, 0.15) is 70.8 Å². The number of rotatable bonds is 5. The lowest BCUT2D eigenvalue weighted by Gasteiger charge is -2.26. The van der Waals surface area contributed by atoms with Crippen LogP contribution in [0.2, 0.25) is 0 Å². The molecule has 1 unspecified atom stereocenters.